The minimum atomic E-state index is 0.00506. The van der Waals surface area contributed by atoms with Crippen molar-refractivity contribution in [1.82, 2.24) is 10.3 Å². The summed E-state index contributed by atoms with van der Waals surface area (Å²) in [5, 5.41) is 3.47. The lowest BCUT2D eigenvalue weighted by Gasteiger charge is -2.13. The molecule has 0 aliphatic rings. The first kappa shape index (κ1) is 14.7. The van der Waals surface area contributed by atoms with Crippen molar-refractivity contribution in [3.63, 3.8) is 0 Å². The van der Waals surface area contributed by atoms with E-state index in [4.69, 9.17) is 10.2 Å². The maximum atomic E-state index is 11.8. The van der Waals surface area contributed by atoms with E-state index < -0.39 is 0 Å². The number of benzene rings is 1. The van der Waals surface area contributed by atoms with Crippen LogP contribution in [0, 0.1) is 0 Å². The second kappa shape index (κ2) is 6.65. The van der Waals surface area contributed by atoms with Crippen LogP contribution in [0.2, 0.25) is 0 Å². The Kier molecular flexibility index (Phi) is 4.89. The van der Waals surface area contributed by atoms with E-state index in [2.05, 4.69) is 24.1 Å². The number of oxazole rings is 1. The summed E-state index contributed by atoms with van der Waals surface area (Å²) in [5.74, 6) is 0.309. The number of thioether (sulfide) groups is 1. The Balaban J connectivity index is 1.93. The van der Waals surface area contributed by atoms with Gasteiger partial charge in [0.1, 0.15) is 5.52 Å². The van der Waals surface area contributed by atoms with Crippen LogP contribution in [0.4, 0.5) is 5.69 Å². The highest BCUT2D eigenvalue weighted by atomic mass is 32.2. The van der Waals surface area contributed by atoms with E-state index in [-0.39, 0.29) is 11.9 Å². The van der Waals surface area contributed by atoms with Crippen LogP contribution in [0.5, 0.6) is 0 Å². The standard InChI is InChI=1S/C14H19N3O2S/c1-3-10(4-2)16-13(18)8-20-14-17-11-6-5-9(15)7-12(11)19-14/h5-7,10H,3-4,8,15H2,1-2H3,(H,16,18). The van der Waals surface area contributed by atoms with Crippen molar-refractivity contribution in [2.45, 2.75) is 38.0 Å². The third kappa shape index (κ3) is 3.66. The molecule has 2 rings (SSSR count). The molecule has 1 aromatic heterocycles. The van der Waals surface area contributed by atoms with E-state index in [1.54, 1.807) is 12.1 Å². The van der Waals surface area contributed by atoms with Crippen molar-refractivity contribution in [3.05, 3.63) is 18.2 Å². The predicted molar refractivity (Wildman–Crippen MR) is 81.7 cm³/mol. The number of carbonyl (C=O) groups is 1. The average molecular weight is 293 g/mol. The van der Waals surface area contributed by atoms with Gasteiger partial charge < -0.3 is 15.5 Å². The quantitative estimate of drug-likeness (QED) is 0.632. The molecular weight excluding hydrogens is 274 g/mol. The van der Waals surface area contributed by atoms with Gasteiger partial charge in [0.25, 0.3) is 5.22 Å². The van der Waals surface area contributed by atoms with Crippen LogP contribution < -0.4 is 11.1 Å². The van der Waals surface area contributed by atoms with E-state index >= 15 is 0 Å². The van der Waals surface area contributed by atoms with Crippen molar-refractivity contribution < 1.29 is 9.21 Å². The Bertz CT molecular complexity index is 593. The summed E-state index contributed by atoms with van der Waals surface area (Å²) in [4.78, 5) is 16.1. The predicted octanol–water partition coefficient (Wildman–Crippen LogP) is 2.81. The Labute approximate surface area is 122 Å². The van der Waals surface area contributed by atoms with E-state index in [9.17, 15) is 4.79 Å². The number of hydrogen-bond acceptors (Lipinski definition) is 5. The average Bonchev–Trinajstić information content (AvgIpc) is 2.84. The first-order chi connectivity index (χ1) is 9.62. The highest BCUT2D eigenvalue weighted by molar-refractivity contribution is 7.99. The molecule has 0 atom stereocenters. The molecule has 0 saturated carbocycles. The number of anilines is 1. The summed E-state index contributed by atoms with van der Waals surface area (Å²) in [6.07, 6.45) is 1.88. The van der Waals surface area contributed by atoms with Crippen molar-refractivity contribution in [3.8, 4) is 0 Å². The lowest BCUT2D eigenvalue weighted by Crippen LogP contribution is -2.34. The molecule has 0 bridgehead atoms. The number of nitrogens with zero attached hydrogens (tertiary/aromatic N) is 1. The Morgan fingerprint density at radius 3 is 2.90 bits per heavy atom. The van der Waals surface area contributed by atoms with Crippen LogP contribution in [-0.4, -0.2) is 22.7 Å². The Hall–Kier alpha value is -1.69. The van der Waals surface area contributed by atoms with Gasteiger partial charge in [-0.05, 0) is 25.0 Å². The van der Waals surface area contributed by atoms with Crippen molar-refractivity contribution in [1.29, 1.82) is 0 Å². The first-order valence-electron chi connectivity index (χ1n) is 6.70. The van der Waals surface area contributed by atoms with Gasteiger partial charge in [0, 0.05) is 17.8 Å². The van der Waals surface area contributed by atoms with Gasteiger partial charge in [0.2, 0.25) is 5.91 Å². The minimum Gasteiger partial charge on any atom is -0.431 e. The van der Waals surface area contributed by atoms with Crippen molar-refractivity contribution in [2.24, 2.45) is 0 Å². The van der Waals surface area contributed by atoms with Crippen molar-refractivity contribution in [2.75, 3.05) is 11.5 Å². The van der Waals surface area contributed by atoms with Gasteiger partial charge in [-0.2, -0.15) is 0 Å². The van der Waals surface area contributed by atoms with Gasteiger partial charge in [0.05, 0.1) is 5.75 Å². The lowest BCUT2D eigenvalue weighted by molar-refractivity contribution is -0.119. The van der Waals surface area contributed by atoms with Gasteiger partial charge in [-0.3, -0.25) is 4.79 Å². The maximum absolute atomic E-state index is 11.8. The van der Waals surface area contributed by atoms with Crippen LogP contribution in [0.25, 0.3) is 11.1 Å². The number of nitrogens with two attached hydrogens (primary N) is 1. The molecule has 0 spiro atoms. The van der Waals surface area contributed by atoms with Crippen LogP contribution in [0.1, 0.15) is 26.7 Å². The zero-order valence-corrected chi connectivity index (χ0v) is 12.5. The molecule has 0 fully saturated rings. The van der Waals surface area contributed by atoms with Gasteiger partial charge in [-0.1, -0.05) is 25.6 Å². The number of rotatable bonds is 6. The molecule has 20 heavy (non-hydrogen) atoms. The summed E-state index contributed by atoms with van der Waals surface area (Å²) in [7, 11) is 0. The fourth-order valence-corrected chi connectivity index (χ4v) is 2.52. The van der Waals surface area contributed by atoms with Gasteiger partial charge >= 0.3 is 0 Å². The molecule has 0 unspecified atom stereocenters. The highest BCUT2D eigenvalue weighted by Gasteiger charge is 2.12. The zero-order valence-electron chi connectivity index (χ0n) is 11.7. The number of nitrogen functional groups attached to an aromatic ring is 1. The highest BCUT2D eigenvalue weighted by Crippen LogP contribution is 2.24. The maximum Gasteiger partial charge on any atom is 0.257 e. The first-order valence-corrected chi connectivity index (χ1v) is 7.69. The largest absolute Gasteiger partial charge is 0.431 e. The third-order valence-corrected chi connectivity index (χ3v) is 3.90. The topological polar surface area (TPSA) is 81.2 Å². The molecular formula is C14H19N3O2S. The summed E-state index contributed by atoms with van der Waals surface area (Å²) in [6, 6.07) is 5.56. The summed E-state index contributed by atoms with van der Waals surface area (Å²) in [6.45, 7) is 4.12. The molecule has 3 N–H and O–H groups in total. The normalized spacial score (nSPS) is 11.2. The number of aromatic nitrogens is 1. The minimum absolute atomic E-state index is 0.00506. The monoisotopic (exact) mass is 293 g/mol. The van der Waals surface area contributed by atoms with E-state index in [1.807, 2.05) is 6.07 Å². The number of nitrogens with one attached hydrogen (secondary N) is 1. The fourth-order valence-electron chi connectivity index (χ4n) is 1.87. The molecule has 0 aliphatic heterocycles. The van der Waals surface area contributed by atoms with Gasteiger partial charge in [0.15, 0.2) is 5.58 Å². The molecule has 1 heterocycles. The number of amides is 1. The summed E-state index contributed by atoms with van der Waals surface area (Å²) in [5.41, 5.74) is 7.72. The van der Waals surface area contributed by atoms with E-state index in [0.29, 0.717) is 22.2 Å². The lowest BCUT2D eigenvalue weighted by atomic mass is 10.2. The second-order valence-electron chi connectivity index (χ2n) is 4.58. The third-order valence-electron chi connectivity index (χ3n) is 3.07. The fraction of sp³-hybridized carbons (Fsp3) is 0.429. The zero-order chi connectivity index (χ0) is 14.5. The molecule has 0 saturated heterocycles. The number of hydrogen-bond donors (Lipinski definition) is 2. The molecule has 6 heteroatoms. The van der Waals surface area contributed by atoms with Gasteiger partial charge in [-0.15, -0.1) is 0 Å². The van der Waals surface area contributed by atoms with E-state index in [1.165, 1.54) is 11.8 Å². The second-order valence-corrected chi connectivity index (χ2v) is 5.50. The van der Waals surface area contributed by atoms with Gasteiger partial charge in [-0.25, -0.2) is 4.98 Å². The molecule has 1 aromatic carbocycles. The summed E-state index contributed by atoms with van der Waals surface area (Å²) >= 11 is 1.29. The Morgan fingerprint density at radius 2 is 2.20 bits per heavy atom. The van der Waals surface area contributed by atoms with Crippen molar-refractivity contribution >= 4 is 34.5 Å². The number of fused-ring (bicyclic) bond motifs is 1. The molecule has 0 radical (unpaired) electrons. The molecule has 108 valence electrons. The molecule has 2 aromatic rings. The molecule has 5 nitrogen and oxygen atoms in total. The van der Waals surface area contributed by atoms with Crippen LogP contribution in [0.3, 0.4) is 0 Å². The number of carbonyl (C=O) groups excluding carboxylic acids is 1. The van der Waals surface area contributed by atoms with Crippen LogP contribution in [0.15, 0.2) is 27.8 Å². The SMILES string of the molecule is CCC(CC)NC(=O)CSc1nc2ccc(N)cc2o1. The molecule has 1 amide bonds. The Morgan fingerprint density at radius 1 is 1.45 bits per heavy atom. The van der Waals surface area contributed by atoms with E-state index in [0.717, 1.165) is 18.4 Å². The van der Waals surface area contributed by atoms with Crippen LogP contribution in [-0.2, 0) is 4.79 Å². The molecule has 0 aliphatic carbocycles. The van der Waals surface area contributed by atoms with Crippen LogP contribution >= 0.6 is 11.8 Å². The smallest absolute Gasteiger partial charge is 0.257 e. The summed E-state index contributed by atoms with van der Waals surface area (Å²) < 4.78 is 5.55.